The average molecular weight is 278 g/mol. The van der Waals surface area contributed by atoms with Crippen LogP contribution in [0, 0.1) is 0 Å². The minimum atomic E-state index is 0.334. The Morgan fingerprint density at radius 2 is 2.15 bits per heavy atom. The Morgan fingerprint density at radius 3 is 2.90 bits per heavy atom. The van der Waals surface area contributed by atoms with E-state index in [-0.39, 0.29) is 0 Å². The molecule has 1 N–H and O–H groups in total. The predicted octanol–water partition coefficient (Wildman–Crippen LogP) is 2.65. The summed E-state index contributed by atoms with van der Waals surface area (Å²) in [4.78, 5) is 11.6. The van der Waals surface area contributed by atoms with Crippen LogP contribution in [0.25, 0.3) is 0 Å². The largest absolute Gasteiger partial charge is 0.380 e. The van der Waals surface area contributed by atoms with E-state index in [1.54, 1.807) is 0 Å². The molecule has 1 aromatic heterocycles. The van der Waals surface area contributed by atoms with E-state index in [0.29, 0.717) is 5.92 Å². The van der Waals surface area contributed by atoms with Crippen molar-refractivity contribution in [2.24, 2.45) is 0 Å². The summed E-state index contributed by atoms with van der Waals surface area (Å²) >= 11 is 0. The molecule has 1 aliphatic heterocycles. The summed E-state index contributed by atoms with van der Waals surface area (Å²) < 4.78 is 5.52. The third-order valence-corrected chi connectivity index (χ3v) is 3.35. The zero-order chi connectivity index (χ0) is 14.4. The molecular weight excluding hydrogens is 252 g/mol. The molecule has 1 aromatic rings. The van der Waals surface area contributed by atoms with Gasteiger partial charge in [0.2, 0.25) is 0 Å². The highest BCUT2D eigenvalue weighted by molar-refractivity contribution is 5.49. The maximum Gasteiger partial charge on any atom is 0.135 e. The fourth-order valence-corrected chi connectivity index (χ4v) is 2.19. The highest BCUT2D eigenvalue weighted by Gasteiger charge is 2.15. The van der Waals surface area contributed by atoms with E-state index in [4.69, 9.17) is 9.72 Å². The van der Waals surface area contributed by atoms with Gasteiger partial charge in [0, 0.05) is 38.2 Å². The molecule has 0 amide bonds. The number of hydrogen-bond acceptors (Lipinski definition) is 5. The van der Waals surface area contributed by atoms with E-state index in [1.165, 1.54) is 0 Å². The van der Waals surface area contributed by atoms with Gasteiger partial charge in [-0.25, -0.2) is 9.97 Å². The predicted molar refractivity (Wildman–Crippen MR) is 82.6 cm³/mol. The molecule has 20 heavy (non-hydrogen) atoms. The van der Waals surface area contributed by atoms with E-state index >= 15 is 0 Å². The lowest BCUT2D eigenvalue weighted by atomic mass is 10.2. The molecule has 0 unspecified atom stereocenters. The molecule has 2 rings (SSSR count). The van der Waals surface area contributed by atoms with Gasteiger partial charge in [0.05, 0.1) is 6.61 Å². The number of hydrogen-bond donors (Lipinski definition) is 1. The van der Waals surface area contributed by atoms with Gasteiger partial charge in [-0.05, 0) is 12.8 Å². The normalized spacial score (nSPS) is 16.3. The smallest absolute Gasteiger partial charge is 0.135 e. The summed E-state index contributed by atoms with van der Waals surface area (Å²) in [6, 6.07) is 2.06. The molecule has 5 nitrogen and oxygen atoms in total. The first-order chi connectivity index (χ1) is 9.70. The number of rotatable bonds is 5. The lowest BCUT2D eigenvalue weighted by Crippen LogP contribution is -2.27. The van der Waals surface area contributed by atoms with Crippen molar-refractivity contribution >= 4 is 11.6 Å². The summed E-state index contributed by atoms with van der Waals surface area (Å²) in [5.74, 6) is 3.20. The van der Waals surface area contributed by atoms with Crippen molar-refractivity contribution in [3.05, 3.63) is 11.9 Å². The second kappa shape index (κ2) is 7.43. The zero-order valence-corrected chi connectivity index (χ0v) is 12.9. The minimum Gasteiger partial charge on any atom is -0.380 e. The maximum atomic E-state index is 5.52. The van der Waals surface area contributed by atoms with Gasteiger partial charge >= 0.3 is 0 Å². The Morgan fingerprint density at radius 1 is 1.30 bits per heavy atom. The second-order valence-corrected chi connectivity index (χ2v) is 5.50. The van der Waals surface area contributed by atoms with E-state index in [2.05, 4.69) is 42.0 Å². The third-order valence-electron chi connectivity index (χ3n) is 3.35. The number of nitrogens with zero attached hydrogens (tertiary/aromatic N) is 3. The van der Waals surface area contributed by atoms with Crippen LogP contribution in [0.4, 0.5) is 11.6 Å². The van der Waals surface area contributed by atoms with Crippen LogP contribution >= 0.6 is 0 Å². The fourth-order valence-electron chi connectivity index (χ4n) is 2.19. The highest BCUT2D eigenvalue weighted by Crippen LogP contribution is 2.21. The van der Waals surface area contributed by atoms with Crippen LogP contribution in [-0.2, 0) is 4.74 Å². The van der Waals surface area contributed by atoms with Crippen LogP contribution in [0.15, 0.2) is 6.07 Å². The van der Waals surface area contributed by atoms with Crippen molar-refractivity contribution in [3.63, 3.8) is 0 Å². The summed E-state index contributed by atoms with van der Waals surface area (Å²) in [6.07, 6.45) is 2.15. The standard InChI is InChI=1S/C15H26N4O/c1-4-6-16-13-11-14(18-15(17-13)12(2)3)19-7-5-9-20-10-8-19/h11-12H,4-10H2,1-3H3,(H,16,17,18). The van der Waals surface area contributed by atoms with Gasteiger partial charge < -0.3 is 15.0 Å². The first-order valence-corrected chi connectivity index (χ1v) is 7.66. The molecule has 0 bridgehead atoms. The van der Waals surface area contributed by atoms with Crippen LogP contribution in [-0.4, -0.2) is 42.8 Å². The van der Waals surface area contributed by atoms with Gasteiger partial charge in [-0.3, -0.25) is 0 Å². The van der Waals surface area contributed by atoms with Crippen molar-refractivity contribution < 1.29 is 4.74 Å². The lowest BCUT2D eigenvalue weighted by Gasteiger charge is -2.22. The van der Waals surface area contributed by atoms with Crippen molar-refractivity contribution in [2.75, 3.05) is 43.1 Å². The van der Waals surface area contributed by atoms with E-state index in [0.717, 1.165) is 63.1 Å². The van der Waals surface area contributed by atoms with Crippen LogP contribution in [0.2, 0.25) is 0 Å². The maximum absolute atomic E-state index is 5.52. The van der Waals surface area contributed by atoms with Crippen molar-refractivity contribution in [3.8, 4) is 0 Å². The van der Waals surface area contributed by atoms with E-state index in [9.17, 15) is 0 Å². The number of ether oxygens (including phenoxy) is 1. The topological polar surface area (TPSA) is 50.3 Å². The average Bonchev–Trinajstić information content (AvgIpc) is 2.73. The molecule has 0 spiro atoms. The molecule has 0 saturated carbocycles. The van der Waals surface area contributed by atoms with Gasteiger partial charge in [0.25, 0.3) is 0 Å². The summed E-state index contributed by atoms with van der Waals surface area (Å²) in [5, 5.41) is 3.38. The molecular formula is C15H26N4O. The summed E-state index contributed by atoms with van der Waals surface area (Å²) in [6.45, 7) is 10.9. The molecule has 1 aliphatic rings. The third kappa shape index (κ3) is 4.07. The first-order valence-electron chi connectivity index (χ1n) is 7.66. The molecule has 5 heteroatoms. The molecule has 112 valence electrons. The Bertz CT molecular complexity index is 414. The quantitative estimate of drug-likeness (QED) is 0.897. The number of nitrogens with one attached hydrogen (secondary N) is 1. The molecule has 1 fully saturated rings. The van der Waals surface area contributed by atoms with Crippen LogP contribution in [0.3, 0.4) is 0 Å². The van der Waals surface area contributed by atoms with Crippen molar-refractivity contribution in [1.29, 1.82) is 0 Å². The van der Waals surface area contributed by atoms with Gasteiger partial charge in [-0.15, -0.1) is 0 Å². The van der Waals surface area contributed by atoms with Crippen LogP contribution in [0.1, 0.15) is 45.4 Å². The highest BCUT2D eigenvalue weighted by atomic mass is 16.5. The van der Waals surface area contributed by atoms with Crippen molar-refractivity contribution in [1.82, 2.24) is 9.97 Å². The number of aromatic nitrogens is 2. The molecule has 2 heterocycles. The van der Waals surface area contributed by atoms with Crippen molar-refractivity contribution in [2.45, 2.75) is 39.5 Å². The van der Waals surface area contributed by atoms with Gasteiger partial charge in [-0.2, -0.15) is 0 Å². The molecule has 0 atom stereocenters. The van der Waals surface area contributed by atoms with Gasteiger partial charge in [-0.1, -0.05) is 20.8 Å². The molecule has 0 aromatic carbocycles. The van der Waals surface area contributed by atoms with E-state index < -0.39 is 0 Å². The summed E-state index contributed by atoms with van der Waals surface area (Å²) in [5.41, 5.74) is 0. The minimum absolute atomic E-state index is 0.334. The molecule has 1 saturated heterocycles. The molecule has 0 radical (unpaired) electrons. The van der Waals surface area contributed by atoms with Crippen LogP contribution < -0.4 is 10.2 Å². The zero-order valence-electron chi connectivity index (χ0n) is 12.9. The van der Waals surface area contributed by atoms with E-state index in [1.807, 2.05) is 0 Å². The Labute approximate surface area is 121 Å². The second-order valence-electron chi connectivity index (χ2n) is 5.50. The Hall–Kier alpha value is -1.36. The van der Waals surface area contributed by atoms with Crippen LogP contribution in [0.5, 0.6) is 0 Å². The first kappa shape index (κ1) is 15.0. The number of anilines is 2. The molecule has 0 aliphatic carbocycles. The Balaban J connectivity index is 2.22. The van der Waals surface area contributed by atoms with Gasteiger partial charge in [0.15, 0.2) is 0 Å². The fraction of sp³-hybridized carbons (Fsp3) is 0.733. The monoisotopic (exact) mass is 278 g/mol. The summed E-state index contributed by atoms with van der Waals surface area (Å²) in [7, 11) is 0. The SMILES string of the molecule is CCCNc1cc(N2CCCOCC2)nc(C(C)C)n1. The van der Waals surface area contributed by atoms with Gasteiger partial charge in [0.1, 0.15) is 17.5 Å². The lowest BCUT2D eigenvalue weighted by molar-refractivity contribution is 0.152. The Kier molecular flexibility index (Phi) is 5.59.